The molecule has 0 spiro atoms. The van der Waals surface area contributed by atoms with Gasteiger partial charge in [0.15, 0.2) is 0 Å². The number of anilines is 2. The lowest BCUT2D eigenvalue weighted by molar-refractivity contribution is -0.116. The Morgan fingerprint density at radius 2 is 1.57 bits per heavy atom. The molecule has 0 bridgehead atoms. The van der Waals surface area contributed by atoms with Crippen LogP contribution in [0.2, 0.25) is 0 Å². The summed E-state index contributed by atoms with van der Waals surface area (Å²) in [6.07, 6.45) is 6.27. The molecule has 3 amide bonds. The van der Waals surface area contributed by atoms with Crippen LogP contribution in [-0.2, 0) is 27.2 Å². The third-order valence-corrected chi connectivity index (χ3v) is 11.5. The molecule has 0 radical (unpaired) electrons. The zero-order chi connectivity index (χ0) is 39.4. The first-order valence-electron chi connectivity index (χ1n) is 18.3. The molecule has 1 aliphatic carbocycles. The maximum Gasteiger partial charge on any atom is 0.341 e. The van der Waals surface area contributed by atoms with E-state index in [0.717, 1.165) is 48.1 Å². The smallest absolute Gasteiger partial charge is 0.341 e. The molecule has 0 fully saturated rings. The van der Waals surface area contributed by atoms with Crippen LogP contribution in [-0.4, -0.2) is 44.5 Å². The normalized spacial score (nSPS) is 13.0. The molecule has 0 aliphatic heterocycles. The lowest BCUT2D eigenvalue weighted by Crippen LogP contribution is -2.30. The predicted molar refractivity (Wildman–Crippen MR) is 222 cm³/mol. The van der Waals surface area contributed by atoms with Gasteiger partial charge in [-0.25, -0.2) is 4.79 Å². The minimum Gasteiger partial charge on any atom is -0.497 e. The minimum absolute atomic E-state index is 0.0198. The van der Waals surface area contributed by atoms with Crippen LogP contribution in [0.25, 0.3) is 6.08 Å². The Morgan fingerprint density at radius 3 is 2.30 bits per heavy atom. The van der Waals surface area contributed by atoms with Gasteiger partial charge in [-0.1, -0.05) is 61.0 Å². The number of thiophene rings is 1. The molecule has 1 aliphatic rings. The van der Waals surface area contributed by atoms with Crippen molar-refractivity contribution in [1.82, 2.24) is 5.32 Å². The molecule has 56 heavy (non-hydrogen) atoms. The molecule has 5 aromatic rings. The van der Waals surface area contributed by atoms with E-state index in [0.29, 0.717) is 43.8 Å². The maximum atomic E-state index is 14.3. The minimum atomic E-state index is -0.706. The topological polar surface area (TPSA) is 132 Å². The zero-order valence-electron chi connectivity index (χ0n) is 31.4. The molecule has 12 heteroatoms. The molecule has 1 atom stereocenters. The summed E-state index contributed by atoms with van der Waals surface area (Å²) in [6, 6.07) is 30.3. The number of fused-ring (bicyclic) bond motifs is 1. The van der Waals surface area contributed by atoms with E-state index < -0.39 is 23.0 Å². The average Bonchev–Trinajstić information content (AvgIpc) is 3.39. The SMILES string of the molecule is CCOC(=O)c1c(NC(=O)C(Sc2cccc(NC(=O)/C(=C\c3ccc(OC)cc3OC)NC(=O)c3ccccc3)c2)c2ccccc2)sc2c1CCCCC2. The second-order valence-corrected chi connectivity index (χ2v) is 15.1. The van der Waals surface area contributed by atoms with E-state index in [-0.39, 0.29) is 18.2 Å². The number of methoxy groups -OCH3 is 2. The van der Waals surface area contributed by atoms with Gasteiger partial charge in [-0.3, -0.25) is 14.4 Å². The van der Waals surface area contributed by atoms with E-state index in [1.165, 1.54) is 36.3 Å². The molecule has 288 valence electrons. The Balaban J connectivity index is 1.27. The number of hydrogen-bond donors (Lipinski definition) is 3. The summed E-state index contributed by atoms with van der Waals surface area (Å²) in [4.78, 5) is 56.5. The van der Waals surface area contributed by atoms with E-state index in [1.807, 2.05) is 36.4 Å². The Hall–Kier alpha value is -5.85. The number of nitrogens with one attached hydrogen (secondary N) is 3. The van der Waals surface area contributed by atoms with Crippen LogP contribution in [0.5, 0.6) is 11.5 Å². The molecule has 4 aromatic carbocycles. The van der Waals surface area contributed by atoms with Crippen molar-refractivity contribution in [3.63, 3.8) is 0 Å². The molecule has 1 heterocycles. The second-order valence-electron chi connectivity index (χ2n) is 12.9. The van der Waals surface area contributed by atoms with Gasteiger partial charge in [0.05, 0.1) is 26.4 Å². The first-order valence-corrected chi connectivity index (χ1v) is 20.0. The van der Waals surface area contributed by atoms with E-state index in [1.54, 1.807) is 80.8 Å². The number of aryl methyl sites for hydroxylation is 1. The number of rotatable bonds is 14. The van der Waals surface area contributed by atoms with Crippen molar-refractivity contribution in [3.05, 3.63) is 142 Å². The summed E-state index contributed by atoms with van der Waals surface area (Å²) >= 11 is 2.77. The van der Waals surface area contributed by atoms with Gasteiger partial charge < -0.3 is 30.2 Å². The summed E-state index contributed by atoms with van der Waals surface area (Å²) in [5.41, 5.74) is 3.55. The number of ether oxygens (including phenoxy) is 3. The first kappa shape index (κ1) is 39.8. The van der Waals surface area contributed by atoms with Gasteiger partial charge >= 0.3 is 5.97 Å². The first-order chi connectivity index (χ1) is 27.3. The van der Waals surface area contributed by atoms with Crippen LogP contribution < -0.4 is 25.4 Å². The fourth-order valence-electron chi connectivity index (χ4n) is 6.35. The third kappa shape index (κ3) is 9.87. The molecular weight excluding hydrogens is 747 g/mol. The molecule has 1 unspecified atom stereocenters. The highest BCUT2D eigenvalue weighted by Crippen LogP contribution is 2.41. The average molecular weight is 790 g/mol. The zero-order valence-corrected chi connectivity index (χ0v) is 33.0. The van der Waals surface area contributed by atoms with Gasteiger partial charge in [0.1, 0.15) is 27.4 Å². The lowest BCUT2D eigenvalue weighted by Gasteiger charge is -2.18. The van der Waals surface area contributed by atoms with Crippen molar-refractivity contribution in [2.45, 2.75) is 49.2 Å². The van der Waals surface area contributed by atoms with Crippen molar-refractivity contribution < 1.29 is 33.4 Å². The molecule has 1 aromatic heterocycles. The highest BCUT2D eigenvalue weighted by molar-refractivity contribution is 8.00. The van der Waals surface area contributed by atoms with Crippen molar-refractivity contribution in [2.24, 2.45) is 0 Å². The van der Waals surface area contributed by atoms with Crippen LogP contribution in [0.3, 0.4) is 0 Å². The van der Waals surface area contributed by atoms with Crippen molar-refractivity contribution in [1.29, 1.82) is 0 Å². The quantitative estimate of drug-likeness (QED) is 0.0440. The standard InChI is InChI=1S/C44H43N3O7S2/c1-4-54-44(51)38-34-21-12-7-13-22-37(34)56-43(38)47-42(50)39(28-15-8-5-9-16-28)55-33-20-14-19-31(26-33)45-41(49)35(46-40(48)29-17-10-6-11-18-29)25-30-23-24-32(52-2)27-36(30)53-3/h5-6,8-11,14-20,23-27,39H,4,7,12-13,21-22H2,1-3H3,(H,45,49)(H,46,48)(H,47,50)/b35-25+. The summed E-state index contributed by atoms with van der Waals surface area (Å²) < 4.78 is 16.3. The van der Waals surface area contributed by atoms with E-state index in [4.69, 9.17) is 14.2 Å². The Morgan fingerprint density at radius 1 is 0.821 bits per heavy atom. The molecule has 10 nitrogen and oxygen atoms in total. The fourth-order valence-corrected chi connectivity index (χ4v) is 8.71. The van der Waals surface area contributed by atoms with Gasteiger partial charge in [-0.2, -0.15) is 0 Å². The Bertz CT molecular complexity index is 2220. The van der Waals surface area contributed by atoms with Gasteiger partial charge in [-0.15, -0.1) is 23.1 Å². The van der Waals surface area contributed by atoms with Crippen LogP contribution in [0.15, 0.2) is 114 Å². The molecular formula is C44H43N3O7S2. The summed E-state index contributed by atoms with van der Waals surface area (Å²) in [5, 5.41) is 8.58. The van der Waals surface area contributed by atoms with Crippen LogP contribution in [0.4, 0.5) is 10.7 Å². The number of carbonyl (C=O) groups is 4. The second kappa shape index (κ2) is 19.1. The predicted octanol–water partition coefficient (Wildman–Crippen LogP) is 9.09. The van der Waals surface area contributed by atoms with Crippen LogP contribution in [0, 0.1) is 0 Å². The summed E-state index contributed by atoms with van der Waals surface area (Å²) in [6.45, 7) is 2.01. The van der Waals surface area contributed by atoms with E-state index in [9.17, 15) is 19.2 Å². The van der Waals surface area contributed by atoms with Gasteiger partial charge in [0.25, 0.3) is 11.8 Å². The number of carbonyl (C=O) groups excluding carboxylic acids is 4. The summed E-state index contributed by atoms with van der Waals surface area (Å²) in [5.74, 6) is -0.739. The van der Waals surface area contributed by atoms with Gasteiger partial charge in [0, 0.05) is 32.7 Å². The van der Waals surface area contributed by atoms with Gasteiger partial charge in [-0.05, 0) is 92.3 Å². The highest BCUT2D eigenvalue weighted by Gasteiger charge is 2.30. The number of thioether (sulfide) groups is 1. The van der Waals surface area contributed by atoms with Crippen LogP contribution >= 0.6 is 23.1 Å². The van der Waals surface area contributed by atoms with Crippen molar-refractivity contribution in [2.75, 3.05) is 31.5 Å². The summed E-state index contributed by atoms with van der Waals surface area (Å²) in [7, 11) is 3.05. The lowest BCUT2D eigenvalue weighted by atomic mass is 10.1. The van der Waals surface area contributed by atoms with E-state index in [2.05, 4.69) is 16.0 Å². The molecule has 6 rings (SSSR count). The Kier molecular flexibility index (Phi) is 13.6. The fraction of sp³-hybridized carbons (Fsp3) is 0.227. The molecule has 0 saturated heterocycles. The third-order valence-electron chi connectivity index (χ3n) is 9.09. The number of hydrogen-bond acceptors (Lipinski definition) is 9. The Labute approximate surface area is 334 Å². The number of esters is 1. The van der Waals surface area contributed by atoms with E-state index >= 15 is 0 Å². The maximum absolute atomic E-state index is 14.3. The highest BCUT2D eigenvalue weighted by atomic mass is 32.2. The number of amides is 3. The molecule has 3 N–H and O–H groups in total. The molecule has 0 saturated carbocycles. The monoisotopic (exact) mass is 789 g/mol. The largest absolute Gasteiger partial charge is 0.497 e. The van der Waals surface area contributed by atoms with Crippen molar-refractivity contribution in [3.8, 4) is 11.5 Å². The van der Waals surface area contributed by atoms with Gasteiger partial charge in [0.2, 0.25) is 5.91 Å². The van der Waals surface area contributed by atoms with Crippen LogP contribution in [0.1, 0.15) is 73.7 Å². The van der Waals surface area contributed by atoms with Crippen molar-refractivity contribution >= 4 is 63.6 Å². The number of benzene rings is 4.